The van der Waals surface area contributed by atoms with E-state index in [2.05, 4.69) is 5.10 Å². The molecule has 1 atom stereocenters. The zero-order valence-electron chi connectivity index (χ0n) is 11.6. The maximum absolute atomic E-state index is 10.1. The van der Waals surface area contributed by atoms with Gasteiger partial charge in [0.1, 0.15) is 0 Å². The molecule has 0 amide bonds. The average molecular weight is 252 g/mol. The fraction of sp³-hybridized carbons (Fsp3) is 0.786. The van der Waals surface area contributed by atoms with Crippen molar-refractivity contribution in [3.63, 3.8) is 0 Å². The number of nitrogens with zero attached hydrogens (tertiary/aromatic N) is 2. The van der Waals surface area contributed by atoms with E-state index in [0.717, 1.165) is 37.3 Å². The molecule has 1 aliphatic rings. The number of hydrogen-bond acceptors (Lipinski definition) is 3. The van der Waals surface area contributed by atoms with Crippen molar-refractivity contribution in [1.82, 2.24) is 9.78 Å². The fourth-order valence-electron chi connectivity index (χ4n) is 2.80. The first-order valence-corrected chi connectivity index (χ1v) is 6.87. The van der Waals surface area contributed by atoms with Crippen LogP contribution in [-0.2, 0) is 18.2 Å². The van der Waals surface area contributed by atoms with Crippen molar-refractivity contribution in [2.75, 3.05) is 6.61 Å². The molecule has 102 valence electrons. The van der Waals surface area contributed by atoms with Gasteiger partial charge in [-0.25, -0.2) is 0 Å². The van der Waals surface area contributed by atoms with Crippen LogP contribution >= 0.6 is 0 Å². The van der Waals surface area contributed by atoms with Crippen molar-refractivity contribution in [3.8, 4) is 0 Å². The number of aliphatic hydroxyl groups is 1. The van der Waals surface area contributed by atoms with Gasteiger partial charge in [-0.1, -0.05) is 0 Å². The minimum absolute atomic E-state index is 0.257. The van der Waals surface area contributed by atoms with E-state index in [-0.39, 0.29) is 6.10 Å². The Hall–Kier alpha value is -0.870. The number of aromatic nitrogens is 2. The summed E-state index contributed by atoms with van der Waals surface area (Å²) in [5.74, 6) is 0.630. The summed E-state index contributed by atoms with van der Waals surface area (Å²) in [6.07, 6.45) is 3.98. The maximum atomic E-state index is 10.1. The summed E-state index contributed by atoms with van der Waals surface area (Å²) in [5, 5.41) is 14.4. The predicted molar refractivity (Wildman–Crippen MR) is 70.4 cm³/mol. The van der Waals surface area contributed by atoms with Crippen molar-refractivity contribution in [3.05, 3.63) is 17.5 Å². The molecular formula is C14H24N2O2. The van der Waals surface area contributed by atoms with E-state index in [0.29, 0.717) is 18.4 Å². The molecule has 0 bridgehead atoms. The Morgan fingerprint density at radius 1 is 1.56 bits per heavy atom. The lowest BCUT2D eigenvalue weighted by atomic mass is 9.78. The lowest BCUT2D eigenvalue weighted by molar-refractivity contribution is -0.0376. The molecule has 1 aromatic rings. The number of rotatable bonds is 6. The summed E-state index contributed by atoms with van der Waals surface area (Å²) in [6, 6.07) is 2.05. The SMILES string of the molecule is CCOC1CC(CC(O)Cc2cc(C)nn2C)C1. The third-order valence-electron chi connectivity index (χ3n) is 3.74. The van der Waals surface area contributed by atoms with Gasteiger partial charge < -0.3 is 9.84 Å². The average Bonchev–Trinajstić information content (AvgIpc) is 2.54. The summed E-state index contributed by atoms with van der Waals surface area (Å²) in [5.41, 5.74) is 2.13. The van der Waals surface area contributed by atoms with Gasteiger partial charge in [0.05, 0.1) is 17.9 Å². The van der Waals surface area contributed by atoms with E-state index < -0.39 is 0 Å². The van der Waals surface area contributed by atoms with Crippen molar-refractivity contribution >= 4 is 0 Å². The summed E-state index contributed by atoms with van der Waals surface area (Å²) >= 11 is 0. The Morgan fingerprint density at radius 3 is 2.83 bits per heavy atom. The molecule has 2 rings (SSSR count). The van der Waals surface area contributed by atoms with E-state index in [1.54, 1.807) is 0 Å². The Kier molecular flexibility index (Phi) is 4.40. The van der Waals surface area contributed by atoms with Crippen molar-refractivity contribution in [2.24, 2.45) is 13.0 Å². The third-order valence-corrected chi connectivity index (χ3v) is 3.74. The molecule has 1 heterocycles. The van der Waals surface area contributed by atoms with Crippen LogP contribution in [0, 0.1) is 12.8 Å². The molecule has 18 heavy (non-hydrogen) atoms. The number of aryl methyl sites for hydroxylation is 2. The molecule has 1 saturated carbocycles. The van der Waals surface area contributed by atoms with Gasteiger partial charge in [-0.3, -0.25) is 4.68 Å². The highest BCUT2D eigenvalue weighted by Gasteiger charge is 2.31. The van der Waals surface area contributed by atoms with E-state index in [1.165, 1.54) is 0 Å². The Morgan fingerprint density at radius 2 is 2.28 bits per heavy atom. The summed E-state index contributed by atoms with van der Waals surface area (Å²) in [4.78, 5) is 0. The monoisotopic (exact) mass is 252 g/mol. The van der Waals surface area contributed by atoms with Crippen LogP contribution in [0.2, 0.25) is 0 Å². The van der Waals surface area contributed by atoms with Crippen LogP contribution in [0.15, 0.2) is 6.07 Å². The Bertz CT molecular complexity index is 383. The molecule has 1 aromatic heterocycles. The zero-order valence-corrected chi connectivity index (χ0v) is 11.6. The normalized spacial score (nSPS) is 24.9. The van der Waals surface area contributed by atoms with Crippen molar-refractivity contribution in [1.29, 1.82) is 0 Å². The molecule has 1 aliphatic carbocycles. The standard InChI is InChI=1S/C14H24N2O2/c1-4-18-14-7-11(8-14)6-13(17)9-12-5-10(2)15-16(12)3/h5,11,13-14,17H,4,6-9H2,1-3H3. The van der Waals surface area contributed by atoms with E-state index in [4.69, 9.17) is 4.74 Å². The van der Waals surface area contributed by atoms with Gasteiger partial charge in [0.25, 0.3) is 0 Å². The van der Waals surface area contributed by atoms with Crippen LogP contribution in [0.3, 0.4) is 0 Å². The molecule has 4 heteroatoms. The highest BCUT2D eigenvalue weighted by molar-refractivity contribution is 5.09. The number of aliphatic hydroxyl groups excluding tert-OH is 1. The zero-order chi connectivity index (χ0) is 13.1. The van der Waals surface area contributed by atoms with Gasteiger partial charge in [-0.05, 0) is 45.1 Å². The topological polar surface area (TPSA) is 47.3 Å². The molecule has 1 unspecified atom stereocenters. The molecular weight excluding hydrogens is 228 g/mol. The summed E-state index contributed by atoms with van der Waals surface area (Å²) in [6.45, 7) is 4.82. The highest BCUT2D eigenvalue weighted by Crippen LogP contribution is 2.34. The van der Waals surface area contributed by atoms with Gasteiger partial charge in [0, 0.05) is 25.8 Å². The molecule has 0 radical (unpaired) electrons. The molecule has 0 aromatic carbocycles. The smallest absolute Gasteiger partial charge is 0.0598 e. The first-order valence-electron chi connectivity index (χ1n) is 6.87. The van der Waals surface area contributed by atoms with Gasteiger partial charge in [-0.2, -0.15) is 5.10 Å². The van der Waals surface area contributed by atoms with Crippen LogP contribution in [0.5, 0.6) is 0 Å². The van der Waals surface area contributed by atoms with Crippen LogP contribution in [0.25, 0.3) is 0 Å². The van der Waals surface area contributed by atoms with Gasteiger partial charge in [-0.15, -0.1) is 0 Å². The first kappa shape index (κ1) is 13.6. The van der Waals surface area contributed by atoms with Crippen molar-refractivity contribution in [2.45, 2.75) is 51.7 Å². The van der Waals surface area contributed by atoms with Crippen LogP contribution in [0.4, 0.5) is 0 Å². The Labute approximate surface area is 109 Å². The minimum Gasteiger partial charge on any atom is -0.393 e. The first-order chi connectivity index (χ1) is 8.58. The summed E-state index contributed by atoms with van der Waals surface area (Å²) in [7, 11) is 1.93. The highest BCUT2D eigenvalue weighted by atomic mass is 16.5. The molecule has 1 N–H and O–H groups in total. The molecule has 0 saturated heterocycles. The predicted octanol–water partition coefficient (Wildman–Crippen LogP) is 1.84. The Balaban J connectivity index is 1.73. The molecule has 0 spiro atoms. The van der Waals surface area contributed by atoms with Gasteiger partial charge in [0.15, 0.2) is 0 Å². The maximum Gasteiger partial charge on any atom is 0.0598 e. The van der Waals surface area contributed by atoms with Crippen LogP contribution in [0.1, 0.15) is 37.6 Å². The van der Waals surface area contributed by atoms with Gasteiger partial charge in [0.2, 0.25) is 0 Å². The summed E-state index contributed by atoms with van der Waals surface area (Å²) < 4.78 is 7.40. The largest absolute Gasteiger partial charge is 0.393 e. The van der Waals surface area contributed by atoms with E-state index >= 15 is 0 Å². The second-order valence-corrected chi connectivity index (χ2v) is 5.41. The lowest BCUT2D eigenvalue weighted by Gasteiger charge is -2.36. The quantitative estimate of drug-likeness (QED) is 0.840. The second kappa shape index (κ2) is 5.85. The van der Waals surface area contributed by atoms with Crippen molar-refractivity contribution < 1.29 is 9.84 Å². The minimum atomic E-state index is -0.257. The van der Waals surface area contributed by atoms with Gasteiger partial charge >= 0.3 is 0 Å². The molecule has 0 aliphatic heterocycles. The fourth-order valence-corrected chi connectivity index (χ4v) is 2.80. The molecule has 4 nitrogen and oxygen atoms in total. The van der Waals surface area contributed by atoms with Crippen LogP contribution < -0.4 is 0 Å². The third kappa shape index (κ3) is 3.33. The number of ether oxygens (including phenoxy) is 1. The second-order valence-electron chi connectivity index (χ2n) is 5.41. The van der Waals surface area contributed by atoms with E-state index in [9.17, 15) is 5.11 Å². The number of hydrogen-bond donors (Lipinski definition) is 1. The lowest BCUT2D eigenvalue weighted by Crippen LogP contribution is -2.34. The van der Waals surface area contributed by atoms with E-state index in [1.807, 2.05) is 31.6 Å². The van der Waals surface area contributed by atoms with Crippen LogP contribution in [-0.4, -0.2) is 33.7 Å². The molecule has 1 fully saturated rings.